The molecule has 0 spiro atoms. The van der Waals surface area contributed by atoms with Crippen LogP contribution in [0.1, 0.15) is 71.6 Å². The van der Waals surface area contributed by atoms with E-state index < -0.39 is 0 Å². The van der Waals surface area contributed by atoms with Gasteiger partial charge in [0.1, 0.15) is 0 Å². The summed E-state index contributed by atoms with van der Waals surface area (Å²) < 4.78 is 0. The summed E-state index contributed by atoms with van der Waals surface area (Å²) in [5.41, 5.74) is 0.732. The highest BCUT2D eigenvalue weighted by Gasteiger charge is 2.59. The first-order valence-electron chi connectivity index (χ1n) is 9.78. The molecule has 0 bridgehead atoms. The predicted molar refractivity (Wildman–Crippen MR) is 88.3 cm³/mol. The number of aliphatic hydroxyl groups excluding tert-OH is 2. The Morgan fingerprint density at radius 1 is 0.864 bits per heavy atom. The average molecular weight is 306 g/mol. The fraction of sp³-hybridized carbons (Fsp3) is 1.00. The van der Waals surface area contributed by atoms with E-state index in [2.05, 4.69) is 13.8 Å². The topological polar surface area (TPSA) is 40.5 Å². The van der Waals surface area contributed by atoms with E-state index in [1.54, 1.807) is 0 Å². The third-order valence-corrected chi connectivity index (χ3v) is 8.98. The van der Waals surface area contributed by atoms with Crippen LogP contribution in [0.5, 0.6) is 0 Å². The number of rotatable bonds is 1. The van der Waals surface area contributed by atoms with E-state index >= 15 is 0 Å². The largest absolute Gasteiger partial charge is 0.396 e. The molecule has 2 nitrogen and oxygen atoms in total. The van der Waals surface area contributed by atoms with Gasteiger partial charge in [0.25, 0.3) is 0 Å². The SMILES string of the molecule is C[C@]12CC[C@H](CO)C[C@@H]1CC[C@@H]1[C@@H]2CC[C@]2(C)[C@@H](O)CC[C@@H]12. The first kappa shape index (κ1) is 15.4. The monoisotopic (exact) mass is 306 g/mol. The van der Waals surface area contributed by atoms with Crippen LogP contribution in [0.2, 0.25) is 0 Å². The summed E-state index contributed by atoms with van der Waals surface area (Å²) in [6.45, 7) is 5.35. The first-order chi connectivity index (χ1) is 10.5. The maximum Gasteiger partial charge on any atom is 0.0596 e. The molecule has 0 aromatic heterocycles. The summed E-state index contributed by atoms with van der Waals surface area (Å²) in [7, 11) is 0. The van der Waals surface area contributed by atoms with Gasteiger partial charge in [0, 0.05) is 6.61 Å². The molecule has 8 atom stereocenters. The molecule has 0 amide bonds. The van der Waals surface area contributed by atoms with Crippen LogP contribution in [0.15, 0.2) is 0 Å². The Bertz CT molecular complexity index is 435. The van der Waals surface area contributed by atoms with Crippen molar-refractivity contribution in [3.63, 3.8) is 0 Å². The molecule has 0 heterocycles. The molecule has 4 saturated carbocycles. The normalized spacial score (nSPS) is 57.8. The van der Waals surface area contributed by atoms with Crippen LogP contribution in [0, 0.1) is 40.4 Å². The molecule has 4 aliphatic carbocycles. The Balaban J connectivity index is 1.59. The maximum absolute atomic E-state index is 10.5. The molecule has 4 rings (SSSR count). The lowest BCUT2D eigenvalue weighted by atomic mass is 9.44. The van der Waals surface area contributed by atoms with Crippen molar-refractivity contribution in [3.8, 4) is 0 Å². The first-order valence-corrected chi connectivity index (χ1v) is 9.78. The van der Waals surface area contributed by atoms with E-state index in [1.807, 2.05) is 0 Å². The van der Waals surface area contributed by atoms with Crippen molar-refractivity contribution in [2.24, 2.45) is 40.4 Å². The zero-order chi connectivity index (χ0) is 15.5. The van der Waals surface area contributed by atoms with Gasteiger partial charge in [0.15, 0.2) is 0 Å². The minimum Gasteiger partial charge on any atom is -0.396 e. The van der Waals surface area contributed by atoms with Gasteiger partial charge in [-0.05, 0) is 98.2 Å². The van der Waals surface area contributed by atoms with Gasteiger partial charge in [0.05, 0.1) is 6.10 Å². The highest BCUT2D eigenvalue weighted by molar-refractivity contribution is 5.09. The molecule has 0 saturated heterocycles. The van der Waals surface area contributed by atoms with E-state index in [-0.39, 0.29) is 11.5 Å². The molecule has 0 aliphatic heterocycles. The molecular weight excluding hydrogens is 272 g/mol. The summed E-state index contributed by atoms with van der Waals surface area (Å²) in [6, 6.07) is 0. The van der Waals surface area contributed by atoms with Crippen LogP contribution >= 0.6 is 0 Å². The van der Waals surface area contributed by atoms with Gasteiger partial charge in [-0.1, -0.05) is 13.8 Å². The van der Waals surface area contributed by atoms with Crippen LogP contribution in [-0.4, -0.2) is 22.9 Å². The minimum absolute atomic E-state index is 0.0471. The van der Waals surface area contributed by atoms with Crippen molar-refractivity contribution in [1.82, 2.24) is 0 Å². The Hall–Kier alpha value is -0.0800. The Morgan fingerprint density at radius 3 is 2.36 bits per heavy atom. The smallest absolute Gasteiger partial charge is 0.0596 e. The minimum atomic E-state index is -0.0471. The second-order valence-electron chi connectivity index (χ2n) is 9.62. The lowest BCUT2D eigenvalue weighted by Gasteiger charge is -2.61. The molecule has 2 N–H and O–H groups in total. The highest BCUT2D eigenvalue weighted by atomic mass is 16.3. The summed E-state index contributed by atoms with van der Waals surface area (Å²) in [6.07, 6.45) is 11.4. The van der Waals surface area contributed by atoms with E-state index in [4.69, 9.17) is 0 Å². The molecule has 126 valence electrons. The third-order valence-electron chi connectivity index (χ3n) is 8.98. The van der Waals surface area contributed by atoms with Crippen molar-refractivity contribution in [3.05, 3.63) is 0 Å². The van der Waals surface area contributed by atoms with Crippen molar-refractivity contribution in [2.75, 3.05) is 6.61 Å². The molecule has 2 heteroatoms. The standard InChI is InChI=1S/C20H34O2/c1-19-9-7-13(12-21)11-14(19)3-4-15-16-5-6-18(22)20(16,2)10-8-17(15)19/h13-18,21-22H,3-12H2,1-2H3/t13-,14-,15-,16-,17-,18-,19-,20-/m0/s1. The average Bonchev–Trinajstić information content (AvgIpc) is 2.82. The molecule has 0 unspecified atom stereocenters. The molecule has 22 heavy (non-hydrogen) atoms. The summed E-state index contributed by atoms with van der Waals surface area (Å²) in [5, 5.41) is 20.1. The van der Waals surface area contributed by atoms with Gasteiger partial charge in [-0.2, -0.15) is 0 Å². The number of fused-ring (bicyclic) bond motifs is 5. The second-order valence-corrected chi connectivity index (χ2v) is 9.62. The van der Waals surface area contributed by atoms with Crippen LogP contribution in [0.4, 0.5) is 0 Å². The maximum atomic E-state index is 10.5. The van der Waals surface area contributed by atoms with Crippen LogP contribution in [0.3, 0.4) is 0 Å². The Morgan fingerprint density at radius 2 is 1.59 bits per heavy atom. The molecule has 4 aliphatic rings. The number of aliphatic hydroxyl groups is 2. The zero-order valence-corrected chi connectivity index (χ0v) is 14.4. The van der Waals surface area contributed by atoms with Crippen molar-refractivity contribution in [2.45, 2.75) is 77.7 Å². The number of hydrogen-bond acceptors (Lipinski definition) is 2. The lowest BCUT2D eigenvalue weighted by Crippen LogP contribution is -2.54. The zero-order valence-electron chi connectivity index (χ0n) is 14.4. The second kappa shape index (κ2) is 5.21. The van der Waals surface area contributed by atoms with Crippen molar-refractivity contribution < 1.29 is 10.2 Å². The van der Waals surface area contributed by atoms with Gasteiger partial charge < -0.3 is 10.2 Å². The summed E-state index contributed by atoms with van der Waals surface area (Å²) >= 11 is 0. The predicted octanol–water partition coefficient (Wildman–Crippen LogP) is 4.00. The van der Waals surface area contributed by atoms with E-state index in [9.17, 15) is 10.2 Å². The van der Waals surface area contributed by atoms with Gasteiger partial charge in [-0.15, -0.1) is 0 Å². The lowest BCUT2D eigenvalue weighted by molar-refractivity contribution is -0.128. The van der Waals surface area contributed by atoms with Gasteiger partial charge in [-0.25, -0.2) is 0 Å². The van der Waals surface area contributed by atoms with Gasteiger partial charge in [-0.3, -0.25) is 0 Å². The van der Waals surface area contributed by atoms with E-state index in [1.165, 1.54) is 51.4 Å². The van der Waals surface area contributed by atoms with Gasteiger partial charge in [0.2, 0.25) is 0 Å². The molecule has 0 aromatic rings. The fourth-order valence-corrected chi connectivity index (χ4v) is 7.49. The molecule has 0 aromatic carbocycles. The van der Waals surface area contributed by atoms with Gasteiger partial charge >= 0.3 is 0 Å². The van der Waals surface area contributed by atoms with Crippen LogP contribution in [0.25, 0.3) is 0 Å². The number of hydrogen-bond donors (Lipinski definition) is 2. The van der Waals surface area contributed by atoms with Crippen molar-refractivity contribution in [1.29, 1.82) is 0 Å². The van der Waals surface area contributed by atoms with Crippen LogP contribution < -0.4 is 0 Å². The molecule has 4 fully saturated rings. The molecular formula is C20H34O2. The fourth-order valence-electron chi connectivity index (χ4n) is 7.49. The Kier molecular flexibility index (Phi) is 3.66. The highest BCUT2D eigenvalue weighted by Crippen LogP contribution is 2.66. The van der Waals surface area contributed by atoms with Crippen LogP contribution in [-0.2, 0) is 0 Å². The van der Waals surface area contributed by atoms with Crippen molar-refractivity contribution >= 4 is 0 Å². The van der Waals surface area contributed by atoms with E-state index in [0.29, 0.717) is 17.9 Å². The van der Waals surface area contributed by atoms with E-state index in [0.717, 1.165) is 30.1 Å². The third kappa shape index (κ3) is 1.99. The quantitative estimate of drug-likeness (QED) is 0.769. The summed E-state index contributed by atoms with van der Waals surface area (Å²) in [4.78, 5) is 0. The summed E-state index contributed by atoms with van der Waals surface area (Å²) in [5.74, 6) is 3.93. The molecule has 0 radical (unpaired) electrons. The Labute approximate surface area is 135 Å².